The predicted octanol–water partition coefficient (Wildman–Crippen LogP) is 3.97. The number of hydrogen-bond acceptors (Lipinski definition) is 3. The van der Waals surface area contributed by atoms with Crippen molar-refractivity contribution in [2.24, 2.45) is 0 Å². The number of halogens is 5. The van der Waals surface area contributed by atoms with E-state index in [4.69, 9.17) is 11.6 Å². The molecule has 0 aliphatic carbocycles. The molecule has 0 heterocycles. The van der Waals surface area contributed by atoms with Crippen LogP contribution in [0.5, 0.6) is 0 Å². The molecule has 150 valence electrons. The fourth-order valence-electron chi connectivity index (χ4n) is 2.38. The molecule has 0 radical (unpaired) electrons. The molecule has 0 saturated heterocycles. The zero-order chi connectivity index (χ0) is 21.1. The summed E-state index contributed by atoms with van der Waals surface area (Å²) >= 11 is 9.14. The second-order valence-electron chi connectivity index (χ2n) is 5.86. The van der Waals surface area contributed by atoms with Gasteiger partial charge >= 0.3 is 12.1 Å². The third kappa shape index (κ3) is 5.70. The van der Waals surface area contributed by atoms with Crippen LogP contribution in [0.2, 0.25) is 5.02 Å². The second-order valence-corrected chi connectivity index (χ2v) is 7.15. The molecule has 0 fully saturated rings. The van der Waals surface area contributed by atoms with Gasteiger partial charge in [-0.05, 0) is 41.5 Å². The van der Waals surface area contributed by atoms with E-state index >= 15 is 0 Å². The lowest BCUT2D eigenvalue weighted by Crippen LogP contribution is -2.44. The molecule has 0 saturated carbocycles. The molecule has 0 spiro atoms. The third-order valence-corrected chi connectivity index (χ3v) is 4.86. The minimum absolute atomic E-state index is 0.0985. The molecular formula is C18H14BrClF3NO4. The van der Waals surface area contributed by atoms with Crippen LogP contribution in [0.3, 0.4) is 0 Å². The van der Waals surface area contributed by atoms with Gasteiger partial charge in [-0.25, -0.2) is 4.79 Å². The average molecular weight is 481 g/mol. The topological polar surface area (TPSA) is 86.6 Å². The van der Waals surface area contributed by atoms with Crippen molar-refractivity contribution in [3.05, 3.63) is 68.7 Å². The quantitative estimate of drug-likeness (QED) is 0.584. The normalized spacial score (nSPS) is 13.6. The number of benzene rings is 2. The van der Waals surface area contributed by atoms with Crippen LogP contribution >= 0.6 is 27.5 Å². The first-order chi connectivity index (χ1) is 13.0. The minimum atomic E-state index is -4.55. The van der Waals surface area contributed by atoms with Gasteiger partial charge in [0.1, 0.15) is 6.04 Å². The molecule has 5 nitrogen and oxygen atoms in total. The molecule has 0 unspecified atom stereocenters. The van der Waals surface area contributed by atoms with E-state index in [-0.39, 0.29) is 12.0 Å². The van der Waals surface area contributed by atoms with Gasteiger partial charge in [-0.15, -0.1) is 0 Å². The Morgan fingerprint density at radius 2 is 1.75 bits per heavy atom. The third-order valence-electron chi connectivity index (χ3n) is 3.85. The van der Waals surface area contributed by atoms with E-state index in [2.05, 4.69) is 21.2 Å². The van der Waals surface area contributed by atoms with Crippen molar-refractivity contribution in [3.63, 3.8) is 0 Å². The molecule has 3 N–H and O–H groups in total. The Morgan fingerprint density at radius 1 is 1.14 bits per heavy atom. The number of carboxylic acid groups (broad SMARTS) is 1. The number of carbonyl (C=O) groups excluding carboxylic acids is 1. The lowest BCUT2D eigenvalue weighted by Gasteiger charge is -2.18. The smallest absolute Gasteiger partial charge is 0.416 e. The number of aliphatic hydroxyl groups excluding tert-OH is 1. The molecule has 0 aromatic heterocycles. The number of aliphatic carboxylic acids is 1. The van der Waals surface area contributed by atoms with Crippen molar-refractivity contribution in [3.8, 4) is 0 Å². The molecule has 2 aromatic carbocycles. The highest BCUT2D eigenvalue weighted by atomic mass is 79.9. The first-order valence-electron chi connectivity index (χ1n) is 7.81. The number of rotatable bonds is 6. The molecule has 0 aliphatic rings. The van der Waals surface area contributed by atoms with Gasteiger partial charge < -0.3 is 15.5 Å². The summed E-state index contributed by atoms with van der Waals surface area (Å²) in [5.74, 6) is -2.40. The van der Waals surface area contributed by atoms with E-state index < -0.39 is 35.8 Å². The monoisotopic (exact) mass is 479 g/mol. The van der Waals surface area contributed by atoms with E-state index in [1.165, 1.54) is 6.07 Å². The maximum absolute atomic E-state index is 12.6. The maximum Gasteiger partial charge on any atom is 0.416 e. The predicted molar refractivity (Wildman–Crippen MR) is 98.8 cm³/mol. The number of alkyl halides is 3. The SMILES string of the molecule is O=C(O)[C@@H](Cc1cc(Cl)ccc1Br)NC(=O)[C@H](O)c1ccc(C(F)(F)F)cc1. The number of aliphatic hydroxyl groups is 1. The van der Waals surface area contributed by atoms with Crippen LogP contribution in [0.15, 0.2) is 46.9 Å². The van der Waals surface area contributed by atoms with Crippen molar-refractivity contribution < 1.29 is 33.0 Å². The number of hydrogen-bond donors (Lipinski definition) is 3. The molecule has 10 heteroatoms. The minimum Gasteiger partial charge on any atom is -0.480 e. The van der Waals surface area contributed by atoms with Gasteiger partial charge in [0.15, 0.2) is 6.10 Å². The Balaban J connectivity index is 2.13. The van der Waals surface area contributed by atoms with Gasteiger partial charge in [0.05, 0.1) is 5.56 Å². The van der Waals surface area contributed by atoms with Crippen molar-refractivity contribution in [2.75, 3.05) is 0 Å². The van der Waals surface area contributed by atoms with Crippen molar-refractivity contribution in [2.45, 2.75) is 24.7 Å². The highest BCUT2D eigenvalue weighted by molar-refractivity contribution is 9.10. The van der Waals surface area contributed by atoms with E-state index in [9.17, 15) is 33.0 Å². The molecule has 2 aromatic rings. The zero-order valence-electron chi connectivity index (χ0n) is 14.0. The van der Waals surface area contributed by atoms with Crippen molar-refractivity contribution in [1.29, 1.82) is 0 Å². The number of carboxylic acids is 1. The number of amides is 1. The van der Waals surface area contributed by atoms with Gasteiger partial charge in [0.2, 0.25) is 0 Å². The lowest BCUT2D eigenvalue weighted by atomic mass is 10.0. The van der Waals surface area contributed by atoms with Gasteiger partial charge in [-0.3, -0.25) is 4.79 Å². The first kappa shape index (κ1) is 22.2. The van der Waals surface area contributed by atoms with Crippen molar-refractivity contribution >= 4 is 39.4 Å². The summed E-state index contributed by atoms with van der Waals surface area (Å²) in [4.78, 5) is 23.7. The summed E-state index contributed by atoms with van der Waals surface area (Å²) in [5.41, 5.74) is -0.513. The summed E-state index contributed by atoms with van der Waals surface area (Å²) in [6, 6.07) is 6.72. The van der Waals surface area contributed by atoms with E-state index in [0.29, 0.717) is 15.1 Å². The molecule has 2 rings (SSSR count). The zero-order valence-corrected chi connectivity index (χ0v) is 16.3. The Kier molecular flexibility index (Phi) is 7.08. The maximum atomic E-state index is 12.6. The molecule has 0 aliphatic heterocycles. The fourth-order valence-corrected chi connectivity index (χ4v) is 2.98. The van der Waals surface area contributed by atoms with Crippen LogP contribution in [0.25, 0.3) is 0 Å². The standard InChI is InChI=1S/C18H14BrClF3NO4/c19-13-6-5-12(20)7-10(13)8-14(17(27)28)24-16(26)15(25)9-1-3-11(4-2-9)18(21,22)23/h1-7,14-15,25H,8H2,(H,24,26)(H,27,28)/t14-,15-/m1/s1. The van der Waals surface area contributed by atoms with Gasteiger partial charge in [-0.2, -0.15) is 13.2 Å². The Hall–Kier alpha value is -2.10. The fraction of sp³-hybridized carbons (Fsp3) is 0.222. The van der Waals surface area contributed by atoms with Crippen molar-refractivity contribution in [1.82, 2.24) is 5.32 Å². The molecule has 28 heavy (non-hydrogen) atoms. The van der Waals surface area contributed by atoms with E-state index in [1.54, 1.807) is 12.1 Å². The Bertz CT molecular complexity index is 874. The van der Waals surface area contributed by atoms with Crippen LogP contribution < -0.4 is 5.32 Å². The first-order valence-corrected chi connectivity index (χ1v) is 8.98. The van der Waals surface area contributed by atoms with Crippen LogP contribution in [-0.2, 0) is 22.2 Å². The largest absolute Gasteiger partial charge is 0.480 e. The average Bonchev–Trinajstić information content (AvgIpc) is 2.62. The summed E-state index contributed by atoms with van der Waals surface area (Å²) in [7, 11) is 0. The lowest BCUT2D eigenvalue weighted by molar-refractivity contribution is -0.143. The molecule has 2 atom stereocenters. The van der Waals surface area contributed by atoms with E-state index in [1.807, 2.05) is 0 Å². The van der Waals surface area contributed by atoms with Crippen LogP contribution in [-0.4, -0.2) is 28.1 Å². The molecule has 1 amide bonds. The highest BCUT2D eigenvalue weighted by Crippen LogP contribution is 2.30. The van der Waals surface area contributed by atoms with E-state index in [0.717, 1.165) is 24.3 Å². The summed E-state index contributed by atoms with van der Waals surface area (Å²) in [6.45, 7) is 0. The Labute approximate surface area is 171 Å². The summed E-state index contributed by atoms with van der Waals surface area (Å²) in [5, 5.41) is 22.0. The second kappa shape index (κ2) is 8.93. The molecule has 0 bridgehead atoms. The van der Waals surface area contributed by atoms with Crippen LogP contribution in [0.4, 0.5) is 13.2 Å². The Morgan fingerprint density at radius 3 is 2.29 bits per heavy atom. The number of carbonyl (C=O) groups is 2. The van der Waals surface area contributed by atoms with Gasteiger partial charge in [0, 0.05) is 15.9 Å². The molecular weight excluding hydrogens is 467 g/mol. The van der Waals surface area contributed by atoms with Crippen LogP contribution in [0, 0.1) is 0 Å². The van der Waals surface area contributed by atoms with Gasteiger partial charge in [0.25, 0.3) is 5.91 Å². The summed E-state index contributed by atoms with van der Waals surface area (Å²) < 4.78 is 38.3. The summed E-state index contributed by atoms with van der Waals surface area (Å²) in [6.07, 6.45) is -6.50. The number of nitrogens with one attached hydrogen (secondary N) is 1. The van der Waals surface area contributed by atoms with Crippen LogP contribution in [0.1, 0.15) is 22.8 Å². The van der Waals surface area contributed by atoms with Gasteiger partial charge in [-0.1, -0.05) is 39.7 Å². The highest BCUT2D eigenvalue weighted by Gasteiger charge is 2.31.